The number of anilines is 1. The van der Waals surface area contributed by atoms with Crippen molar-refractivity contribution in [2.24, 2.45) is 0 Å². The molecule has 1 aromatic heterocycles. The first kappa shape index (κ1) is 15.3. The van der Waals surface area contributed by atoms with Crippen LogP contribution < -0.4 is 4.90 Å². The van der Waals surface area contributed by atoms with Crippen LogP contribution in [0.5, 0.6) is 0 Å². The van der Waals surface area contributed by atoms with Gasteiger partial charge in [0, 0.05) is 43.4 Å². The summed E-state index contributed by atoms with van der Waals surface area (Å²) in [6, 6.07) is 10.6. The number of para-hydroxylation sites is 1. The summed E-state index contributed by atoms with van der Waals surface area (Å²) in [4.78, 5) is 11.8. The molecule has 2 aromatic rings. The average Bonchev–Trinajstić information content (AvgIpc) is 2.55. The van der Waals surface area contributed by atoms with Gasteiger partial charge in [-0.25, -0.2) is 0 Å². The van der Waals surface area contributed by atoms with Gasteiger partial charge in [0.2, 0.25) is 0 Å². The summed E-state index contributed by atoms with van der Waals surface area (Å²) in [6.07, 6.45) is 3.19. The third kappa shape index (κ3) is 3.57. The van der Waals surface area contributed by atoms with E-state index in [0.717, 1.165) is 31.7 Å². The zero-order valence-corrected chi connectivity index (χ0v) is 13.7. The Morgan fingerprint density at radius 3 is 2.59 bits per heavy atom. The number of hydrogen-bond donors (Lipinski definition) is 0. The fraction of sp³-hybridized carbons (Fsp3) is 0.500. The molecule has 4 nitrogen and oxygen atoms in total. The SMILES string of the molecule is CN(C)CCCN1CCN(c2ccnc3ccccc23)CC1. The summed E-state index contributed by atoms with van der Waals surface area (Å²) >= 11 is 0. The average molecular weight is 298 g/mol. The topological polar surface area (TPSA) is 22.6 Å². The summed E-state index contributed by atoms with van der Waals surface area (Å²) in [7, 11) is 4.29. The van der Waals surface area contributed by atoms with E-state index in [9.17, 15) is 0 Å². The van der Waals surface area contributed by atoms with Gasteiger partial charge in [0.25, 0.3) is 0 Å². The van der Waals surface area contributed by atoms with Crippen molar-refractivity contribution in [2.45, 2.75) is 6.42 Å². The molecule has 22 heavy (non-hydrogen) atoms. The van der Waals surface area contributed by atoms with Crippen LogP contribution in [0.25, 0.3) is 10.9 Å². The van der Waals surface area contributed by atoms with Gasteiger partial charge < -0.3 is 9.80 Å². The number of rotatable bonds is 5. The van der Waals surface area contributed by atoms with Crippen molar-refractivity contribution >= 4 is 16.6 Å². The lowest BCUT2D eigenvalue weighted by Gasteiger charge is -2.36. The van der Waals surface area contributed by atoms with E-state index < -0.39 is 0 Å². The van der Waals surface area contributed by atoms with Gasteiger partial charge in [-0.1, -0.05) is 18.2 Å². The zero-order valence-electron chi connectivity index (χ0n) is 13.7. The highest BCUT2D eigenvalue weighted by Crippen LogP contribution is 2.25. The third-order valence-electron chi connectivity index (χ3n) is 4.42. The second-order valence-corrected chi connectivity index (χ2v) is 6.33. The van der Waals surface area contributed by atoms with E-state index in [0.29, 0.717) is 0 Å². The van der Waals surface area contributed by atoms with Gasteiger partial charge in [0.05, 0.1) is 5.52 Å². The summed E-state index contributed by atoms with van der Waals surface area (Å²) in [6.45, 7) is 6.92. The van der Waals surface area contributed by atoms with Crippen LogP contribution in [-0.2, 0) is 0 Å². The van der Waals surface area contributed by atoms with Crippen LogP contribution in [0.15, 0.2) is 36.5 Å². The van der Waals surface area contributed by atoms with E-state index in [1.165, 1.54) is 30.6 Å². The predicted molar refractivity (Wildman–Crippen MR) is 93.6 cm³/mol. The molecule has 3 rings (SSSR count). The molecule has 0 atom stereocenters. The van der Waals surface area contributed by atoms with Gasteiger partial charge in [-0.2, -0.15) is 0 Å². The number of fused-ring (bicyclic) bond motifs is 1. The van der Waals surface area contributed by atoms with Crippen molar-refractivity contribution in [1.29, 1.82) is 0 Å². The smallest absolute Gasteiger partial charge is 0.0722 e. The lowest BCUT2D eigenvalue weighted by molar-refractivity contribution is 0.242. The molecule has 0 saturated carbocycles. The minimum atomic E-state index is 1.09. The Bertz CT molecular complexity index is 598. The number of benzene rings is 1. The number of nitrogens with zero attached hydrogens (tertiary/aromatic N) is 4. The fourth-order valence-corrected chi connectivity index (χ4v) is 3.18. The highest BCUT2D eigenvalue weighted by molar-refractivity contribution is 5.91. The van der Waals surface area contributed by atoms with Crippen molar-refractivity contribution in [3.63, 3.8) is 0 Å². The molecule has 0 spiro atoms. The van der Waals surface area contributed by atoms with Crippen LogP contribution in [0.2, 0.25) is 0 Å². The fourth-order valence-electron chi connectivity index (χ4n) is 3.18. The van der Waals surface area contributed by atoms with E-state index in [1.54, 1.807) is 0 Å². The van der Waals surface area contributed by atoms with Gasteiger partial charge in [-0.3, -0.25) is 9.88 Å². The molecule has 0 aliphatic carbocycles. The van der Waals surface area contributed by atoms with Crippen LogP contribution in [0.3, 0.4) is 0 Å². The van der Waals surface area contributed by atoms with Crippen molar-refractivity contribution in [1.82, 2.24) is 14.8 Å². The van der Waals surface area contributed by atoms with Gasteiger partial charge in [0.1, 0.15) is 0 Å². The molecule has 0 bridgehead atoms. The van der Waals surface area contributed by atoms with Gasteiger partial charge in [0.15, 0.2) is 0 Å². The Labute approximate surface area is 133 Å². The molecular weight excluding hydrogens is 272 g/mol. The minimum Gasteiger partial charge on any atom is -0.368 e. The summed E-state index contributed by atoms with van der Waals surface area (Å²) in [5.41, 5.74) is 2.42. The lowest BCUT2D eigenvalue weighted by atomic mass is 10.1. The first-order valence-electron chi connectivity index (χ1n) is 8.20. The van der Waals surface area contributed by atoms with E-state index >= 15 is 0 Å². The minimum absolute atomic E-state index is 1.09. The Hall–Kier alpha value is -1.65. The molecule has 1 fully saturated rings. The molecule has 1 aliphatic rings. The van der Waals surface area contributed by atoms with Crippen molar-refractivity contribution in [2.75, 3.05) is 58.3 Å². The molecule has 4 heteroatoms. The van der Waals surface area contributed by atoms with Crippen LogP contribution >= 0.6 is 0 Å². The van der Waals surface area contributed by atoms with E-state index in [4.69, 9.17) is 0 Å². The van der Waals surface area contributed by atoms with E-state index in [1.807, 2.05) is 6.20 Å². The molecule has 2 heterocycles. The van der Waals surface area contributed by atoms with Crippen molar-refractivity contribution in [3.8, 4) is 0 Å². The maximum absolute atomic E-state index is 4.47. The number of pyridine rings is 1. The molecule has 0 unspecified atom stereocenters. The molecule has 0 N–H and O–H groups in total. The van der Waals surface area contributed by atoms with Crippen molar-refractivity contribution < 1.29 is 0 Å². The van der Waals surface area contributed by atoms with Crippen LogP contribution in [0.4, 0.5) is 5.69 Å². The molecule has 1 saturated heterocycles. The summed E-state index contributed by atoms with van der Waals surface area (Å²) in [5.74, 6) is 0. The highest BCUT2D eigenvalue weighted by Gasteiger charge is 2.18. The van der Waals surface area contributed by atoms with Gasteiger partial charge in [-0.15, -0.1) is 0 Å². The predicted octanol–water partition coefficient (Wildman–Crippen LogP) is 2.31. The molecule has 1 aromatic carbocycles. The normalized spacial score (nSPS) is 16.6. The Morgan fingerprint density at radius 2 is 1.82 bits per heavy atom. The second-order valence-electron chi connectivity index (χ2n) is 6.33. The molecular formula is C18H26N4. The molecule has 118 valence electrons. The Morgan fingerprint density at radius 1 is 1.05 bits per heavy atom. The largest absolute Gasteiger partial charge is 0.368 e. The maximum Gasteiger partial charge on any atom is 0.0722 e. The van der Waals surface area contributed by atoms with Crippen LogP contribution in [0, 0.1) is 0 Å². The van der Waals surface area contributed by atoms with E-state index in [-0.39, 0.29) is 0 Å². The molecule has 1 aliphatic heterocycles. The lowest BCUT2D eigenvalue weighted by Crippen LogP contribution is -2.47. The quantitative estimate of drug-likeness (QED) is 0.845. The van der Waals surface area contributed by atoms with E-state index in [2.05, 4.69) is 64.1 Å². The number of hydrogen-bond acceptors (Lipinski definition) is 4. The second kappa shape index (κ2) is 7.07. The van der Waals surface area contributed by atoms with Gasteiger partial charge >= 0.3 is 0 Å². The highest BCUT2D eigenvalue weighted by atomic mass is 15.3. The number of aromatic nitrogens is 1. The van der Waals surface area contributed by atoms with Crippen LogP contribution in [0.1, 0.15) is 6.42 Å². The Kier molecular flexibility index (Phi) is 4.90. The number of piperazine rings is 1. The molecule has 0 amide bonds. The van der Waals surface area contributed by atoms with Crippen molar-refractivity contribution in [3.05, 3.63) is 36.5 Å². The standard InChI is InChI=1S/C18H26N4/c1-20(2)10-5-11-21-12-14-22(15-13-21)18-8-9-19-17-7-4-3-6-16(17)18/h3-4,6-9H,5,10-15H2,1-2H3. The Balaban J connectivity index is 1.61. The first-order chi connectivity index (χ1) is 10.7. The maximum atomic E-state index is 4.47. The summed E-state index contributed by atoms with van der Waals surface area (Å²) in [5, 5.41) is 1.27. The van der Waals surface area contributed by atoms with Gasteiger partial charge in [-0.05, 0) is 45.7 Å². The third-order valence-corrected chi connectivity index (χ3v) is 4.42. The molecule has 0 radical (unpaired) electrons. The van der Waals surface area contributed by atoms with Crippen LogP contribution in [-0.4, -0.2) is 68.1 Å². The first-order valence-corrected chi connectivity index (χ1v) is 8.20. The zero-order chi connectivity index (χ0) is 15.4. The monoisotopic (exact) mass is 298 g/mol. The summed E-state index contributed by atoms with van der Waals surface area (Å²) < 4.78 is 0.